The van der Waals surface area contributed by atoms with Gasteiger partial charge in [0.1, 0.15) is 5.82 Å². The Labute approximate surface area is 158 Å². The summed E-state index contributed by atoms with van der Waals surface area (Å²) in [6.45, 7) is 4.97. The Morgan fingerprint density at radius 2 is 1.85 bits per heavy atom. The molecule has 0 atom stereocenters. The zero-order chi connectivity index (χ0) is 19.4. The molecule has 142 valence electrons. The van der Waals surface area contributed by atoms with Gasteiger partial charge in [-0.25, -0.2) is 4.68 Å². The zero-order valence-corrected chi connectivity index (χ0v) is 15.7. The molecule has 7 heteroatoms. The highest BCUT2D eigenvalue weighted by atomic mass is 16.2. The van der Waals surface area contributed by atoms with E-state index in [0.717, 1.165) is 24.9 Å². The number of unbranched alkanes of at least 4 members (excludes halogenated alkanes) is 1. The van der Waals surface area contributed by atoms with Crippen LogP contribution in [0, 0.1) is 6.92 Å². The molecule has 0 fully saturated rings. The van der Waals surface area contributed by atoms with Crippen molar-refractivity contribution in [3.8, 4) is 0 Å². The summed E-state index contributed by atoms with van der Waals surface area (Å²) in [7, 11) is 0. The van der Waals surface area contributed by atoms with Gasteiger partial charge >= 0.3 is 0 Å². The number of aromatic nitrogens is 2. The van der Waals surface area contributed by atoms with Gasteiger partial charge in [0.15, 0.2) is 0 Å². The Kier molecular flexibility index (Phi) is 5.69. The Morgan fingerprint density at radius 3 is 2.63 bits per heavy atom. The van der Waals surface area contributed by atoms with E-state index >= 15 is 0 Å². The van der Waals surface area contributed by atoms with Gasteiger partial charge in [0, 0.05) is 25.6 Å². The fourth-order valence-corrected chi connectivity index (χ4v) is 3.14. The largest absolute Gasteiger partial charge is 0.311 e. The highest BCUT2D eigenvalue weighted by molar-refractivity contribution is 6.21. The molecule has 0 radical (unpaired) electrons. The van der Waals surface area contributed by atoms with E-state index in [9.17, 15) is 14.4 Å². The molecule has 1 aliphatic rings. The van der Waals surface area contributed by atoms with Gasteiger partial charge in [0.2, 0.25) is 5.91 Å². The van der Waals surface area contributed by atoms with Crippen LogP contribution in [0.4, 0.5) is 5.82 Å². The molecule has 0 aliphatic carbocycles. The monoisotopic (exact) mass is 368 g/mol. The molecule has 0 saturated heterocycles. The molecule has 1 aliphatic heterocycles. The lowest BCUT2D eigenvalue weighted by atomic mass is 10.1. The first-order chi connectivity index (χ1) is 13.0. The van der Waals surface area contributed by atoms with Gasteiger partial charge < -0.3 is 5.32 Å². The van der Waals surface area contributed by atoms with Gasteiger partial charge in [0.25, 0.3) is 11.8 Å². The average molecular weight is 368 g/mol. The third-order valence-corrected chi connectivity index (χ3v) is 4.62. The summed E-state index contributed by atoms with van der Waals surface area (Å²) in [5.41, 5.74) is 1.83. The molecule has 0 saturated carbocycles. The van der Waals surface area contributed by atoms with E-state index in [-0.39, 0.29) is 30.7 Å². The number of rotatable bonds is 8. The van der Waals surface area contributed by atoms with Crippen LogP contribution in [0.15, 0.2) is 30.5 Å². The van der Waals surface area contributed by atoms with Gasteiger partial charge in [-0.3, -0.25) is 19.3 Å². The van der Waals surface area contributed by atoms with Crippen molar-refractivity contribution in [3.63, 3.8) is 0 Å². The fourth-order valence-electron chi connectivity index (χ4n) is 3.14. The molecule has 3 amide bonds. The molecule has 1 N–H and O–H groups in total. The van der Waals surface area contributed by atoms with Crippen molar-refractivity contribution in [3.05, 3.63) is 47.2 Å². The second-order valence-electron chi connectivity index (χ2n) is 6.76. The zero-order valence-electron chi connectivity index (χ0n) is 15.7. The van der Waals surface area contributed by atoms with E-state index in [1.54, 1.807) is 29.1 Å². The standard InChI is InChI=1S/C20H24N4O3/c1-3-4-12-24-17(9-10-21-24)22-18(25)6-5-11-23-19(26)15-8-7-14(2)13-16(15)20(23)27/h7-10,13H,3-6,11-12H2,1-2H3,(H,22,25). The van der Waals surface area contributed by atoms with Crippen molar-refractivity contribution in [1.82, 2.24) is 14.7 Å². The summed E-state index contributed by atoms with van der Waals surface area (Å²) in [4.78, 5) is 38.2. The summed E-state index contributed by atoms with van der Waals surface area (Å²) < 4.78 is 1.77. The average Bonchev–Trinajstić information content (AvgIpc) is 3.17. The minimum Gasteiger partial charge on any atom is -0.311 e. The number of nitrogens with zero attached hydrogens (tertiary/aromatic N) is 3. The third-order valence-electron chi connectivity index (χ3n) is 4.62. The van der Waals surface area contributed by atoms with Crippen molar-refractivity contribution < 1.29 is 14.4 Å². The number of anilines is 1. The van der Waals surface area contributed by atoms with Gasteiger partial charge in [-0.05, 0) is 31.9 Å². The van der Waals surface area contributed by atoms with Crippen LogP contribution >= 0.6 is 0 Å². The van der Waals surface area contributed by atoms with Crippen molar-refractivity contribution in [1.29, 1.82) is 0 Å². The number of aryl methyl sites for hydroxylation is 2. The van der Waals surface area contributed by atoms with Gasteiger partial charge in [-0.2, -0.15) is 5.10 Å². The maximum Gasteiger partial charge on any atom is 0.261 e. The van der Waals surface area contributed by atoms with Crippen molar-refractivity contribution in [2.45, 2.75) is 46.1 Å². The van der Waals surface area contributed by atoms with E-state index in [1.165, 1.54) is 4.90 Å². The lowest BCUT2D eigenvalue weighted by molar-refractivity contribution is -0.116. The molecule has 0 unspecified atom stereocenters. The first-order valence-electron chi connectivity index (χ1n) is 9.29. The molecule has 0 bridgehead atoms. The van der Waals surface area contributed by atoms with Gasteiger partial charge in [-0.1, -0.05) is 25.0 Å². The van der Waals surface area contributed by atoms with Crippen LogP contribution in [0.1, 0.15) is 58.9 Å². The minimum atomic E-state index is -0.284. The predicted molar refractivity (Wildman–Crippen MR) is 102 cm³/mol. The van der Waals surface area contributed by atoms with Crippen LogP contribution in [0.5, 0.6) is 0 Å². The molecule has 3 rings (SSSR count). The fraction of sp³-hybridized carbons (Fsp3) is 0.400. The quantitative estimate of drug-likeness (QED) is 0.726. The Hall–Kier alpha value is -2.96. The summed E-state index contributed by atoms with van der Waals surface area (Å²) in [5.74, 6) is -0.0462. The molecule has 27 heavy (non-hydrogen) atoms. The number of imide groups is 1. The van der Waals surface area contributed by atoms with Crippen LogP contribution in [-0.4, -0.2) is 38.9 Å². The topological polar surface area (TPSA) is 84.3 Å². The second-order valence-corrected chi connectivity index (χ2v) is 6.76. The first-order valence-corrected chi connectivity index (χ1v) is 9.29. The van der Waals surface area contributed by atoms with E-state index in [4.69, 9.17) is 0 Å². The Morgan fingerprint density at radius 1 is 1.07 bits per heavy atom. The lowest BCUT2D eigenvalue weighted by Crippen LogP contribution is -2.31. The van der Waals surface area contributed by atoms with Crippen LogP contribution in [-0.2, 0) is 11.3 Å². The molecule has 7 nitrogen and oxygen atoms in total. The van der Waals surface area contributed by atoms with Crippen molar-refractivity contribution in [2.24, 2.45) is 0 Å². The molecular formula is C20H24N4O3. The predicted octanol–water partition coefficient (Wildman–Crippen LogP) is 3.01. The molecular weight excluding hydrogens is 344 g/mol. The summed E-state index contributed by atoms with van der Waals surface area (Å²) in [6, 6.07) is 7.01. The summed E-state index contributed by atoms with van der Waals surface area (Å²) >= 11 is 0. The summed E-state index contributed by atoms with van der Waals surface area (Å²) in [5, 5.41) is 7.05. The van der Waals surface area contributed by atoms with E-state index < -0.39 is 0 Å². The number of hydrogen-bond acceptors (Lipinski definition) is 4. The third kappa shape index (κ3) is 4.07. The lowest BCUT2D eigenvalue weighted by Gasteiger charge is -2.13. The Bertz CT molecular complexity index is 872. The smallest absolute Gasteiger partial charge is 0.261 e. The van der Waals surface area contributed by atoms with Crippen molar-refractivity contribution >= 4 is 23.5 Å². The molecule has 0 spiro atoms. The maximum absolute atomic E-state index is 12.4. The maximum atomic E-state index is 12.4. The van der Waals surface area contributed by atoms with Gasteiger partial charge in [0.05, 0.1) is 17.3 Å². The summed E-state index contributed by atoms with van der Waals surface area (Å²) in [6.07, 6.45) is 4.34. The highest BCUT2D eigenvalue weighted by Gasteiger charge is 2.34. The Balaban J connectivity index is 1.52. The van der Waals surface area contributed by atoms with Crippen molar-refractivity contribution in [2.75, 3.05) is 11.9 Å². The minimum absolute atomic E-state index is 0.152. The highest BCUT2D eigenvalue weighted by Crippen LogP contribution is 2.24. The number of hydrogen-bond donors (Lipinski definition) is 1. The number of fused-ring (bicyclic) bond motifs is 1. The number of carbonyl (C=O) groups excluding carboxylic acids is 3. The van der Waals surface area contributed by atoms with Crippen LogP contribution in [0.2, 0.25) is 0 Å². The first kappa shape index (κ1) is 18.8. The van der Waals surface area contributed by atoms with Crippen LogP contribution < -0.4 is 5.32 Å². The normalized spacial score (nSPS) is 13.2. The van der Waals surface area contributed by atoms with Crippen LogP contribution in [0.3, 0.4) is 0 Å². The number of benzene rings is 1. The number of amides is 3. The van der Waals surface area contributed by atoms with Crippen LogP contribution in [0.25, 0.3) is 0 Å². The van der Waals surface area contributed by atoms with E-state index in [1.807, 2.05) is 13.0 Å². The molecule has 1 aromatic carbocycles. The number of carbonyl (C=O) groups is 3. The molecule has 2 heterocycles. The SMILES string of the molecule is CCCCn1nccc1NC(=O)CCCN1C(=O)c2ccc(C)cc2C1=O. The second kappa shape index (κ2) is 8.16. The van der Waals surface area contributed by atoms with Gasteiger partial charge in [-0.15, -0.1) is 0 Å². The van der Waals surface area contributed by atoms with E-state index in [2.05, 4.69) is 17.3 Å². The molecule has 1 aromatic heterocycles. The molecule has 2 aromatic rings. The number of nitrogens with one attached hydrogen (secondary N) is 1. The van der Waals surface area contributed by atoms with E-state index in [0.29, 0.717) is 23.4 Å².